The van der Waals surface area contributed by atoms with Crippen LogP contribution in [-0.4, -0.2) is 43.0 Å². The van der Waals surface area contributed by atoms with Crippen LogP contribution in [0.2, 0.25) is 0 Å². The summed E-state index contributed by atoms with van der Waals surface area (Å²) in [6.07, 6.45) is 0.0443. The molecule has 2 aromatic rings. The van der Waals surface area contributed by atoms with Crippen LogP contribution in [0.4, 0.5) is 0 Å². The van der Waals surface area contributed by atoms with Crippen LogP contribution in [0.25, 0.3) is 0 Å². The van der Waals surface area contributed by atoms with Crippen LogP contribution in [0.5, 0.6) is 0 Å². The van der Waals surface area contributed by atoms with E-state index in [4.69, 9.17) is 4.74 Å². The zero-order valence-electron chi connectivity index (χ0n) is 15.1. The Morgan fingerprint density at radius 3 is 2.69 bits per heavy atom. The molecule has 0 bridgehead atoms. The van der Waals surface area contributed by atoms with Gasteiger partial charge >= 0.3 is 0 Å². The van der Waals surface area contributed by atoms with Crippen LogP contribution in [0.1, 0.15) is 22.7 Å². The largest absolute Gasteiger partial charge is 0.356 e. The lowest BCUT2D eigenvalue weighted by molar-refractivity contribution is -0.162. The van der Waals surface area contributed by atoms with Gasteiger partial charge in [-0.25, -0.2) is 0 Å². The number of ether oxygens (including phenoxy) is 1. The topological polar surface area (TPSA) is 58.6 Å². The highest BCUT2D eigenvalue weighted by Gasteiger charge is 2.39. The average molecular weight is 352 g/mol. The number of nitrogens with zero attached hydrogens (tertiary/aromatic N) is 1. The Labute approximate surface area is 154 Å². The summed E-state index contributed by atoms with van der Waals surface area (Å²) in [7, 11) is 1.72. The van der Waals surface area contributed by atoms with E-state index in [0.29, 0.717) is 6.54 Å². The maximum atomic E-state index is 12.7. The van der Waals surface area contributed by atoms with Gasteiger partial charge in [-0.05, 0) is 24.5 Å². The molecule has 3 rings (SSSR count). The molecule has 2 aromatic carbocycles. The van der Waals surface area contributed by atoms with E-state index in [-0.39, 0.29) is 18.4 Å². The van der Waals surface area contributed by atoms with Gasteiger partial charge in [-0.2, -0.15) is 0 Å². The second-order valence-electron chi connectivity index (χ2n) is 6.62. The summed E-state index contributed by atoms with van der Waals surface area (Å²) < 4.78 is 5.61. The molecule has 26 heavy (non-hydrogen) atoms. The number of benzene rings is 2. The molecule has 1 aliphatic rings. The van der Waals surface area contributed by atoms with Crippen molar-refractivity contribution in [2.45, 2.75) is 25.5 Å². The molecular weight excluding hydrogens is 328 g/mol. The fourth-order valence-corrected chi connectivity index (χ4v) is 3.28. The van der Waals surface area contributed by atoms with Crippen molar-refractivity contribution in [3.05, 3.63) is 71.3 Å². The van der Waals surface area contributed by atoms with Crippen LogP contribution in [0.3, 0.4) is 0 Å². The number of aryl methyl sites for hydroxylation is 1. The van der Waals surface area contributed by atoms with Gasteiger partial charge in [0.1, 0.15) is 6.61 Å². The molecule has 0 aromatic heterocycles. The van der Waals surface area contributed by atoms with Crippen molar-refractivity contribution in [1.29, 1.82) is 0 Å². The molecule has 2 atom stereocenters. The maximum Gasteiger partial charge on any atom is 0.251 e. The minimum absolute atomic E-state index is 0.0736. The number of likely N-dealkylation sites (N-methyl/N-ethyl adjacent to an activating group) is 1. The number of hydrogen-bond acceptors (Lipinski definition) is 3. The third-order valence-corrected chi connectivity index (χ3v) is 4.68. The summed E-state index contributed by atoms with van der Waals surface area (Å²) in [6.45, 7) is 2.51. The number of amides is 2. The average Bonchev–Trinajstić information content (AvgIpc) is 2.64. The fourth-order valence-electron chi connectivity index (χ4n) is 3.28. The Bertz CT molecular complexity index is 776. The number of rotatable bonds is 5. The van der Waals surface area contributed by atoms with Crippen molar-refractivity contribution < 1.29 is 14.3 Å². The van der Waals surface area contributed by atoms with E-state index in [1.807, 2.05) is 36.4 Å². The van der Waals surface area contributed by atoms with E-state index in [9.17, 15) is 9.59 Å². The normalized spacial score (nSPS) is 20.1. The van der Waals surface area contributed by atoms with E-state index in [2.05, 4.69) is 30.4 Å². The van der Waals surface area contributed by atoms with Crippen molar-refractivity contribution in [2.24, 2.45) is 0 Å². The van der Waals surface area contributed by atoms with Crippen LogP contribution in [-0.2, 0) is 20.7 Å². The lowest BCUT2D eigenvalue weighted by atomic mass is 9.97. The molecule has 136 valence electrons. The molecule has 0 spiro atoms. The first-order valence-corrected chi connectivity index (χ1v) is 8.82. The molecular formula is C21H24N2O3. The standard InChI is InChI=1S/C21H24N2O3/c1-15-7-6-8-16(13-15)11-12-22-21(25)20-19(17-9-4-3-5-10-17)23(2)18(24)14-26-20/h3-10,13,19-20H,11-12,14H2,1-2H3,(H,22,25)/t19-,20+/m0/s1. The Hall–Kier alpha value is -2.66. The van der Waals surface area contributed by atoms with Gasteiger partial charge in [-0.15, -0.1) is 0 Å². The quantitative estimate of drug-likeness (QED) is 0.898. The van der Waals surface area contributed by atoms with E-state index in [1.165, 1.54) is 11.1 Å². The first-order valence-electron chi connectivity index (χ1n) is 8.82. The minimum Gasteiger partial charge on any atom is -0.356 e. The highest BCUT2D eigenvalue weighted by atomic mass is 16.5. The van der Waals surface area contributed by atoms with Crippen molar-refractivity contribution in [3.8, 4) is 0 Å². The minimum atomic E-state index is -0.711. The molecule has 0 unspecified atom stereocenters. The summed E-state index contributed by atoms with van der Waals surface area (Å²) in [5.41, 5.74) is 3.28. The molecule has 5 nitrogen and oxygen atoms in total. The number of carbonyl (C=O) groups is 2. The van der Waals surface area contributed by atoms with Gasteiger partial charge in [-0.3, -0.25) is 9.59 Å². The van der Waals surface area contributed by atoms with Crippen LogP contribution >= 0.6 is 0 Å². The molecule has 5 heteroatoms. The number of nitrogens with one attached hydrogen (secondary N) is 1. The zero-order chi connectivity index (χ0) is 18.5. The van der Waals surface area contributed by atoms with Gasteiger partial charge in [0.25, 0.3) is 5.91 Å². The Morgan fingerprint density at radius 1 is 1.19 bits per heavy atom. The number of hydrogen-bond donors (Lipinski definition) is 1. The molecule has 2 amide bonds. The highest BCUT2D eigenvalue weighted by molar-refractivity contribution is 5.86. The lowest BCUT2D eigenvalue weighted by Gasteiger charge is -2.38. The van der Waals surface area contributed by atoms with Gasteiger partial charge in [0.05, 0.1) is 6.04 Å². The monoisotopic (exact) mass is 352 g/mol. The van der Waals surface area contributed by atoms with Gasteiger partial charge < -0.3 is 15.0 Å². The fraction of sp³-hybridized carbons (Fsp3) is 0.333. The lowest BCUT2D eigenvalue weighted by Crippen LogP contribution is -2.53. The molecule has 0 radical (unpaired) electrons. The van der Waals surface area contributed by atoms with Crippen LogP contribution in [0.15, 0.2) is 54.6 Å². The predicted octanol–water partition coefficient (Wildman–Crippen LogP) is 2.25. The van der Waals surface area contributed by atoms with Crippen LogP contribution in [0, 0.1) is 6.92 Å². The summed E-state index contributed by atoms with van der Waals surface area (Å²) >= 11 is 0. The Morgan fingerprint density at radius 2 is 1.96 bits per heavy atom. The first-order chi connectivity index (χ1) is 12.6. The van der Waals surface area contributed by atoms with E-state index < -0.39 is 12.1 Å². The first kappa shape index (κ1) is 18.1. The van der Waals surface area contributed by atoms with Gasteiger partial charge in [-0.1, -0.05) is 60.2 Å². The molecule has 1 fully saturated rings. The molecule has 1 N–H and O–H groups in total. The summed E-state index contributed by atoms with van der Waals surface area (Å²) in [6, 6.07) is 17.3. The van der Waals surface area contributed by atoms with Crippen LogP contribution < -0.4 is 5.32 Å². The molecule has 0 aliphatic carbocycles. The summed E-state index contributed by atoms with van der Waals surface area (Å²) in [5, 5.41) is 2.95. The van der Waals surface area contributed by atoms with E-state index in [0.717, 1.165) is 12.0 Å². The molecule has 0 saturated carbocycles. The van der Waals surface area contributed by atoms with Crippen molar-refractivity contribution in [3.63, 3.8) is 0 Å². The highest BCUT2D eigenvalue weighted by Crippen LogP contribution is 2.29. The predicted molar refractivity (Wildman–Crippen MR) is 99.6 cm³/mol. The Kier molecular flexibility index (Phi) is 5.68. The SMILES string of the molecule is Cc1cccc(CCNC(=O)[C@@H]2OCC(=O)N(C)[C@H]2c2ccccc2)c1. The maximum absolute atomic E-state index is 12.7. The summed E-state index contributed by atoms with van der Waals surface area (Å²) in [4.78, 5) is 26.4. The van der Waals surface area contributed by atoms with Crippen molar-refractivity contribution in [2.75, 3.05) is 20.2 Å². The van der Waals surface area contributed by atoms with E-state index >= 15 is 0 Å². The van der Waals surface area contributed by atoms with E-state index in [1.54, 1.807) is 11.9 Å². The van der Waals surface area contributed by atoms with Gasteiger partial charge in [0.15, 0.2) is 6.10 Å². The number of carbonyl (C=O) groups excluding carboxylic acids is 2. The van der Waals surface area contributed by atoms with Gasteiger partial charge in [0, 0.05) is 13.6 Å². The second kappa shape index (κ2) is 8.15. The molecule has 1 heterocycles. The smallest absolute Gasteiger partial charge is 0.251 e. The third-order valence-electron chi connectivity index (χ3n) is 4.68. The van der Waals surface area contributed by atoms with Crippen molar-refractivity contribution in [1.82, 2.24) is 10.2 Å². The third kappa shape index (κ3) is 4.11. The second-order valence-corrected chi connectivity index (χ2v) is 6.62. The Balaban J connectivity index is 1.67. The van der Waals surface area contributed by atoms with Crippen molar-refractivity contribution >= 4 is 11.8 Å². The molecule has 1 saturated heterocycles. The number of morpholine rings is 1. The zero-order valence-corrected chi connectivity index (χ0v) is 15.1. The summed E-state index contributed by atoms with van der Waals surface area (Å²) in [5.74, 6) is -0.312. The van der Waals surface area contributed by atoms with Gasteiger partial charge in [0.2, 0.25) is 5.91 Å². The molecule has 1 aliphatic heterocycles.